The predicted octanol–water partition coefficient (Wildman–Crippen LogP) is 3.37. The molecule has 120 valence electrons. The van der Waals surface area contributed by atoms with E-state index in [2.05, 4.69) is 5.16 Å². The number of fused-ring (bicyclic) bond motifs is 1. The quantitative estimate of drug-likeness (QED) is 0.446. The number of hydrogen-bond acceptors (Lipinski definition) is 5. The summed E-state index contributed by atoms with van der Waals surface area (Å²) < 4.78 is 28.8. The molecule has 0 unspecified atom stereocenters. The standard InChI is InChI=1S/C17H16FNO4/c18-14-4-2-13(3-5-14)11-19-23-9-1-8-20-15-6-7-16-17(10-15)22-12-21-16/h2-7,10-11H,1,8-9,12H2. The fourth-order valence-corrected chi connectivity index (χ4v) is 1.98. The van der Waals surface area contributed by atoms with E-state index in [1.165, 1.54) is 18.3 Å². The van der Waals surface area contributed by atoms with Crippen molar-refractivity contribution in [2.45, 2.75) is 6.42 Å². The lowest BCUT2D eigenvalue weighted by molar-refractivity contribution is 0.129. The molecule has 0 saturated heterocycles. The Hall–Kier alpha value is -2.76. The molecule has 23 heavy (non-hydrogen) atoms. The van der Waals surface area contributed by atoms with Crippen molar-refractivity contribution >= 4 is 6.21 Å². The first-order valence-electron chi connectivity index (χ1n) is 7.24. The maximum Gasteiger partial charge on any atom is 0.231 e. The molecule has 0 aromatic heterocycles. The fourth-order valence-electron chi connectivity index (χ4n) is 1.98. The van der Waals surface area contributed by atoms with Crippen LogP contribution in [0.25, 0.3) is 0 Å². The van der Waals surface area contributed by atoms with Crippen LogP contribution in [0.2, 0.25) is 0 Å². The first kappa shape index (κ1) is 15.1. The molecule has 0 N–H and O–H groups in total. The van der Waals surface area contributed by atoms with Crippen LogP contribution in [0, 0.1) is 5.82 Å². The molecular weight excluding hydrogens is 301 g/mol. The van der Waals surface area contributed by atoms with Crippen LogP contribution in [-0.2, 0) is 4.84 Å². The molecule has 0 amide bonds. The number of ether oxygens (including phenoxy) is 3. The van der Waals surface area contributed by atoms with Crippen molar-refractivity contribution < 1.29 is 23.4 Å². The Balaban J connectivity index is 1.33. The van der Waals surface area contributed by atoms with Gasteiger partial charge in [-0.15, -0.1) is 0 Å². The Morgan fingerprint density at radius 2 is 1.87 bits per heavy atom. The van der Waals surface area contributed by atoms with Gasteiger partial charge in [-0.25, -0.2) is 4.39 Å². The molecule has 5 nitrogen and oxygen atoms in total. The third-order valence-corrected chi connectivity index (χ3v) is 3.14. The number of benzene rings is 2. The van der Waals surface area contributed by atoms with E-state index in [0.717, 1.165) is 17.1 Å². The summed E-state index contributed by atoms with van der Waals surface area (Å²) in [5.74, 6) is 1.88. The van der Waals surface area contributed by atoms with Crippen LogP contribution in [0.3, 0.4) is 0 Å². The van der Waals surface area contributed by atoms with E-state index >= 15 is 0 Å². The molecular formula is C17H16FNO4. The largest absolute Gasteiger partial charge is 0.493 e. The second-order valence-corrected chi connectivity index (χ2v) is 4.84. The summed E-state index contributed by atoms with van der Waals surface area (Å²) in [6.45, 7) is 1.19. The minimum absolute atomic E-state index is 0.249. The molecule has 0 fully saturated rings. The lowest BCUT2D eigenvalue weighted by Crippen LogP contribution is -2.01. The summed E-state index contributed by atoms with van der Waals surface area (Å²) in [6.07, 6.45) is 2.23. The van der Waals surface area contributed by atoms with Crippen LogP contribution in [0.15, 0.2) is 47.6 Å². The Bertz CT molecular complexity index is 673. The van der Waals surface area contributed by atoms with Crippen molar-refractivity contribution in [3.8, 4) is 17.2 Å². The smallest absolute Gasteiger partial charge is 0.231 e. The summed E-state index contributed by atoms with van der Waals surface area (Å²) in [5, 5.41) is 3.82. The highest BCUT2D eigenvalue weighted by molar-refractivity contribution is 5.78. The summed E-state index contributed by atoms with van der Waals surface area (Å²) in [4.78, 5) is 5.13. The molecule has 1 aliphatic rings. The Morgan fingerprint density at radius 1 is 1.04 bits per heavy atom. The monoisotopic (exact) mass is 317 g/mol. The first-order valence-corrected chi connectivity index (χ1v) is 7.24. The zero-order chi connectivity index (χ0) is 15.9. The first-order chi connectivity index (χ1) is 11.3. The van der Waals surface area contributed by atoms with E-state index in [4.69, 9.17) is 19.0 Å². The predicted molar refractivity (Wildman–Crippen MR) is 82.6 cm³/mol. The SMILES string of the molecule is Fc1ccc(C=NOCCCOc2ccc3c(c2)OCO3)cc1. The van der Waals surface area contributed by atoms with Gasteiger partial charge in [0.15, 0.2) is 11.5 Å². The van der Waals surface area contributed by atoms with Crippen LogP contribution in [0.5, 0.6) is 17.2 Å². The average Bonchev–Trinajstić information content (AvgIpc) is 3.03. The second-order valence-electron chi connectivity index (χ2n) is 4.84. The molecule has 6 heteroatoms. The van der Waals surface area contributed by atoms with E-state index in [1.54, 1.807) is 18.2 Å². The van der Waals surface area contributed by atoms with Crippen molar-refractivity contribution in [2.24, 2.45) is 5.16 Å². The minimum atomic E-state index is -0.274. The molecule has 3 rings (SSSR count). The molecule has 0 aliphatic carbocycles. The average molecular weight is 317 g/mol. The Kier molecular flexibility index (Phi) is 4.93. The number of oxime groups is 1. The highest BCUT2D eigenvalue weighted by Crippen LogP contribution is 2.35. The van der Waals surface area contributed by atoms with Gasteiger partial charge >= 0.3 is 0 Å². The maximum atomic E-state index is 12.7. The number of nitrogens with zero attached hydrogens (tertiary/aromatic N) is 1. The molecule has 0 radical (unpaired) electrons. The van der Waals surface area contributed by atoms with Crippen LogP contribution in [-0.4, -0.2) is 26.2 Å². The van der Waals surface area contributed by atoms with Crippen LogP contribution < -0.4 is 14.2 Å². The zero-order valence-corrected chi connectivity index (χ0v) is 12.4. The van der Waals surface area contributed by atoms with Gasteiger partial charge in [0, 0.05) is 12.5 Å². The third kappa shape index (κ3) is 4.35. The van der Waals surface area contributed by atoms with E-state index in [-0.39, 0.29) is 12.6 Å². The topological polar surface area (TPSA) is 49.3 Å². The summed E-state index contributed by atoms with van der Waals surface area (Å²) in [6, 6.07) is 11.5. The highest BCUT2D eigenvalue weighted by Gasteiger charge is 2.13. The van der Waals surface area contributed by atoms with Gasteiger partial charge < -0.3 is 19.0 Å². The van der Waals surface area contributed by atoms with Gasteiger partial charge in [0.1, 0.15) is 18.2 Å². The van der Waals surface area contributed by atoms with Gasteiger partial charge in [-0.2, -0.15) is 0 Å². The van der Waals surface area contributed by atoms with Gasteiger partial charge in [-0.1, -0.05) is 17.3 Å². The van der Waals surface area contributed by atoms with Gasteiger partial charge in [-0.3, -0.25) is 0 Å². The molecule has 0 bridgehead atoms. The van der Waals surface area contributed by atoms with Gasteiger partial charge in [0.25, 0.3) is 0 Å². The molecule has 0 spiro atoms. The van der Waals surface area contributed by atoms with Crippen molar-refractivity contribution in [3.63, 3.8) is 0 Å². The van der Waals surface area contributed by atoms with Crippen molar-refractivity contribution in [1.82, 2.24) is 0 Å². The van der Waals surface area contributed by atoms with E-state index in [1.807, 2.05) is 12.1 Å². The third-order valence-electron chi connectivity index (χ3n) is 3.14. The fraction of sp³-hybridized carbons (Fsp3) is 0.235. The molecule has 1 aliphatic heterocycles. The van der Waals surface area contributed by atoms with Gasteiger partial charge in [0.05, 0.1) is 12.8 Å². The van der Waals surface area contributed by atoms with Gasteiger partial charge in [-0.05, 0) is 29.8 Å². The van der Waals surface area contributed by atoms with E-state index < -0.39 is 0 Å². The van der Waals surface area contributed by atoms with E-state index in [9.17, 15) is 4.39 Å². The van der Waals surface area contributed by atoms with Crippen LogP contribution in [0.4, 0.5) is 4.39 Å². The summed E-state index contributed by atoms with van der Waals surface area (Å²) in [7, 11) is 0. The molecule has 2 aromatic rings. The molecule has 2 aromatic carbocycles. The number of halogens is 1. The maximum absolute atomic E-state index is 12.7. The van der Waals surface area contributed by atoms with Crippen molar-refractivity contribution in [2.75, 3.05) is 20.0 Å². The zero-order valence-electron chi connectivity index (χ0n) is 12.4. The van der Waals surface area contributed by atoms with Gasteiger partial charge in [0.2, 0.25) is 6.79 Å². The normalized spacial score (nSPS) is 12.6. The Labute approximate surface area is 133 Å². The van der Waals surface area contributed by atoms with Crippen molar-refractivity contribution in [3.05, 3.63) is 53.8 Å². The van der Waals surface area contributed by atoms with Crippen LogP contribution in [0.1, 0.15) is 12.0 Å². The minimum Gasteiger partial charge on any atom is -0.493 e. The summed E-state index contributed by atoms with van der Waals surface area (Å²) in [5.41, 5.74) is 0.781. The highest BCUT2D eigenvalue weighted by atomic mass is 19.1. The molecule has 1 heterocycles. The molecule has 0 atom stereocenters. The number of rotatable bonds is 7. The van der Waals surface area contributed by atoms with E-state index in [0.29, 0.717) is 25.4 Å². The lowest BCUT2D eigenvalue weighted by Gasteiger charge is -2.06. The second kappa shape index (κ2) is 7.49. The summed E-state index contributed by atoms with van der Waals surface area (Å²) >= 11 is 0. The Morgan fingerprint density at radius 3 is 2.74 bits per heavy atom. The van der Waals surface area contributed by atoms with Crippen molar-refractivity contribution in [1.29, 1.82) is 0 Å². The van der Waals surface area contributed by atoms with Crippen LogP contribution >= 0.6 is 0 Å². The molecule has 0 saturated carbocycles. The number of hydrogen-bond donors (Lipinski definition) is 0. The lowest BCUT2D eigenvalue weighted by atomic mass is 10.2.